The van der Waals surface area contributed by atoms with Gasteiger partial charge in [-0.05, 0) is 42.0 Å². The van der Waals surface area contributed by atoms with Gasteiger partial charge in [0.25, 0.3) is 5.91 Å². The third kappa shape index (κ3) is 5.67. The van der Waals surface area contributed by atoms with Gasteiger partial charge < -0.3 is 15.2 Å². The number of hydrazone groups is 1. The summed E-state index contributed by atoms with van der Waals surface area (Å²) in [5.74, 6) is -0.827. The summed E-state index contributed by atoms with van der Waals surface area (Å²) < 4.78 is 21.2. The summed E-state index contributed by atoms with van der Waals surface area (Å²) in [6.07, 6.45) is 1.69. The lowest BCUT2D eigenvalue weighted by Gasteiger charge is -2.18. The van der Waals surface area contributed by atoms with Gasteiger partial charge in [-0.1, -0.05) is 23.9 Å². The number of thioether (sulfide) groups is 1. The molecule has 176 valence electrons. The van der Waals surface area contributed by atoms with Crippen LogP contribution in [0.3, 0.4) is 0 Å². The Labute approximate surface area is 212 Å². The van der Waals surface area contributed by atoms with Gasteiger partial charge in [0.2, 0.25) is 5.91 Å². The van der Waals surface area contributed by atoms with Crippen molar-refractivity contribution in [2.24, 2.45) is 5.10 Å². The van der Waals surface area contributed by atoms with Gasteiger partial charge in [0.1, 0.15) is 22.7 Å². The normalized spacial score (nSPS) is 18.3. The van der Waals surface area contributed by atoms with Crippen LogP contribution in [0.4, 0.5) is 14.9 Å². The molecule has 0 spiro atoms. The molecule has 0 aliphatic carbocycles. The van der Waals surface area contributed by atoms with Crippen LogP contribution in [0.25, 0.3) is 6.08 Å². The van der Waals surface area contributed by atoms with Crippen LogP contribution in [0.2, 0.25) is 0 Å². The van der Waals surface area contributed by atoms with Gasteiger partial charge >= 0.3 is 6.09 Å². The Morgan fingerprint density at radius 1 is 1.29 bits per heavy atom. The van der Waals surface area contributed by atoms with E-state index in [0.29, 0.717) is 10.7 Å². The van der Waals surface area contributed by atoms with Crippen molar-refractivity contribution in [2.75, 3.05) is 23.7 Å². The monoisotopic (exact) mass is 596 g/mol. The zero-order valence-electron chi connectivity index (χ0n) is 17.5. The Morgan fingerprint density at radius 2 is 2.06 bits per heavy atom. The van der Waals surface area contributed by atoms with Crippen LogP contribution < -0.4 is 10.2 Å². The number of carbonyl (C=O) groups is 3. The van der Waals surface area contributed by atoms with Gasteiger partial charge in [-0.15, -0.1) is 0 Å². The zero-order valence-corrected chi connectivity index (χ0v) is 20.5. The first kappa shape index (κ1) is 24.0. The van der Waals surface area contributed by atoms with Crippen molar-refractivity contribution in [3.8, 4) is 5.75 Å². The Balaban J connectivity index is 1.34. The predicted molar refractivity (Wildman–Crippen MR) is 134 cm³/mol. The highest BCUT2D eigenvalue weighted by atomic mass is 127. The number of nitrogens with zero attached hydrogens (tertiary/aromatic N) is 3. The highest BCUT2D eigenvalue weighted by molar-refractivity contribution is 14.1. The fourth-order valence-electron chi connectivity index (χ4n) is 3.19. The number of benzene rings is 2. The van der Waals surface area contributed by atoms with Gasteiger partial charge in [-0.3, -0.25) is 14.5 Å². The van der Waals surface area contributed by atoms with E-state index in [1.165, 1.54) is 35.2 Å². The van der Waals surface area contributed by atoms with Crippen molar-refractivity contribution in [1.82, 2.24) is 8.54 Å². The summed E-state index contributed by atoms with van der Waals surface area (Å²) in [5.41, 5.74) is 1.29. The molecule has 0 radical (unpaired) electrons. The first-order chi connectivity index (χ1) is 16.3. The number of hydrogen-bond donors (Lipinski definition) is 2. The molecule has 12 heteroatoms. The quantitative estimate of drug-likeness (QED) is 0.301. The Hall–Kier alpha value is -3.13. The fraction of sp³-hybridized carbons (Fsp3) is 0.182. The average Bonchev–Trinajstić information content (AvgIpc) is 3.19. The van der Waals surface area contributed by atoms with Crippen LogP contribution in [0.5, 0.6) is 5.75 Å². The Kier molecular flexibility index (Phi) is 7.36. The van der Waals surface area contributed by atoms with E-state index in [0.717, 1.165) is 20.5 Å². The summed E-state index contributed by atoms with van der Waals surface area (Å²) in [4.78, 5) is 37.2. The minimum absolute atomic E-state index is 0.0918. The average molecular weight is 596 g/mol. The summed E-state index contributed by atoms with van der Waals surface area (Å²) in [6, 6.07) is 10.7. The molecule has 1 unspecified atom stereocenters. The number of ether oxygens (including phenoxy) is 1. The number of amides is 3. The van der Waals surface area contributed by atoms with Crippen LogP contribution in [0.15, 0.2) is 53.6 Å². The molecule has 0 aromatic heterocycles. The number of rotatable bonds is 6. The Morgan fingerprint density at radius 3 is 2.76 bits per heavy atom. The lowest BCUT2D eigenvalue weighted by Crippen LogP contribution is -2.33. The maximum atomic E-state index is 14.8. The molecular weight excluding hydrogens is 578 g/mol. The number of hydrogen-bond acceptors (Lipinski definition) is 7. The Bertz CT molecular complexity index is 1190. The number of carbonyl (C=O) groups excluding carboxylic acids is 3. The molecule has 2 aliphatic rings. The van der Waals surface area contributed by atoms with Gasteiger partial charge in [0.05, 0.1) is 47.4 Å². The third-order valence-corrected chi connectivity index (χ3v) is 6.63. The molecule has 34 heavy (non-hydrogen) atoms. The number of halogens is 2. The topological polar surface area (TPSA) is 112 Å². The van der Waals surface area contributed by atoms with Crippen molar-refractivity contribution >= 4 is 69.3 Å². The molecule has 0 bridgehead atoms. The molecule has 0 saturated carbocycles. The minimum atomic E-state index is -0.639. The molecule has 1 fully saturated rings. The lowest BCUT2D eigenvalue weighted by molar-refractivity contribution is -0.122. The molecule has 2 aromatic carbocycles. The van der Waals surface area contributed by atoms with Crippen LogP contribution >= 0.6 is 34.6 Å². The number of phenolic OH excluding ortho intramolecular Hbond substituents is 1. The summed E-state index contributed by atoms with van der Waals surface area (Å²) in [6.45, 7) is 0.236. The van der Waals surface area contributed by atoms with E-state index in [1.54, 1.807) is 47.1 Å². The molecule has 2 aromatic rings. The second kappa shape index (κ2) is 10.4. The van der Waals surface area contributed by atoms with Crippen molar-refractivity contribution < 1.29 is 28.6 Å². The number of nitrogens with one attached hydrogen (secondary N) is 1. The maximum absolute atomic E-state index is 14.8. The number of aromatic hydroxyl groups is 1. The van der Waals surface area contributed by atoms with E-state index < -0.39 is 18.0 Å². The van der Waals surface area contributed by atoms with Crippen molar-refractivity contribution in [3.05, 3.63) is 65.5 Å². The van der Waals surface area contributed by atoms with Gasteiger partial charge in [0, 0.05) is 11.6 Å². The lowest BCUT2D eigenvalue weighted by atomic mass is 10.2. The largest absolute Gasteiger partial charge is 0.508 e. The van der Waals surface area contributed by atoms with E-state index in [4.69, 9.17) is 4.74 Å². The van der Waals surface area contributed by atoms with Gasteiger partial charge in [0.15, 0.2) is 0 Å². The second-order valence-electron chi connectivity index (χ2n) is 7.30. The minimum Gasteiger partial charge on any atom is -0.508 e. The molecule has 4 rings (SSSR count). The van der Waals surface area contributed by atoms with Gasteiger partial charge in [-0.25, -0.2) is 9.18 Å². The van der Waals surface area contributed by atoms with Crippen LogP contribution in [-0.4, -0.2) is 56.2 Å². The fourth-order valence-corrected chi connectivity index (χ4v) is 4.80. The third-order valence-electron chi connectivity index (χ3n) is 4.91. The smallest absolute Gasteiger partial charge is 0.414 e. The number of cyclic esters (lactones) is 1. The van der Waals surface area contributed by atoms with E-state index in [9.17, 15) is 23.9 Å². The van der Waals surface area contributed by atoms with Gasteiger partial charge in [-0.2, -0.15) is 8.32 Å². The standard InChI is InChI=1S/C22H18FIN4O5S/c23-18-9-14(4-7-17(18)21-26-28(24)20(31)12-34-21)27-11-16(33-22(27)32)10-25-19(30)8-3-13-1-5-15(29)6-2-13/h1-9,16,29H,10-12H2,(H,25,30). The summed E-state index contributed by atoms with van der Waals surface area (Å²) in [5, 5.41) is 16.4. The van der Waals surface area contributed by atoms with Crippen LogP contribution in [-0.2, 0) is 14.3 Å². The maximum Gasteiger partial charge on any atom is 0.414 e. The molecule has 3 amide bonds. The van der Waals surface area contributed by atoms with E-state index in [1.807, 2.05) is 0 Å². The molecule has 9 nitrogen and oxygen atoms in total. The molecule has 2 aliphatic heterocycles. The summed E-state index contributed by atoms with van der Waals surface area (Å²) >= 11 is 2.89. The highest BCUT2D eigenvalue weighted by Gasteiger charge is 2.33. The second-order valence-corrected chi connectivity index (χ2v) is 9.18. The first-order valence-electron chi connectivity index (χ1n) is 10.0. The van der Waals surface area contributed by atoms with Crippen molar-refractivity contribution in [3.63, 3.8) is 0 Å². The SMILES string of the molecule is O=C(C=Cc1ccc(O)cc1)NCC1CN(c2ccc(C3=NN(I)C(=O)CS3)c(F)c2)C(=O)O1. The summed E-state index contributed by atoms with van der Waals surface area (Å²) in [7, 11) is 0. The first-order valence-corrected chi connectivity index (χ1v) is 12.0. The molecule has 2 heterocycles. The van der Waals surface area contributed by atoms with E-state index in [-0.39, 0.29) is 42.0 Å². The molecular formula is C22H18FIN4O5S. The molecule has 1 saturated heterocycles. The van der Waals surface area contributed by atoms with Crippen LogP contribution in [0.1, 0.15) is 11.1 Å². The zero-order chi connectivity index (χ0) is 24.2. The van der Waals surface area contributed by atoms with E-state index >= 15 is 0 Å². The number of anilines is 1. The number of phenols is 1. The van der Waals surface area contributed by atoms with E-state index in [2.05, 4.69) is 10.4 Å². The van der Waals surface area contributed by atoms with Crippen LogP contribution in [0, 0.1) is 5.82 Å². The van der Waals surface area contributed by atoms with Crippen molar-refractivity contribution in [2.45, 2.75) is 6.10 Å². The highest BCUT2D eigenvalue weighted by Crippen LogP contribution is 2.28. The van der Waals surface area contributed by atoms with Crippen molar-refractivity contribution in [1.29, 1.82) is 0 Å². The molecule has 2 N–H and O–H groups in total. The molecule has 1 atom stereocenters. The predicted octanol–water partition coefficient (Wildman–Crippen LogP) is 3.27.